The second-order valence-electron chi connectivity index (χ2n) is 4.78. The molecule has 0 radical (unpaired) electrons. The van der Waals surface area contributed by atoms with E-state index >= 15 is 0 Å². The van der Waals surface area contributed by atoms with E-state index in [1.807, 2.05) is 25.1 Å². The van der Waals surface area contributed by atoms with Crippen LogP contribution in [0.2, 0.25) is 0 Å². The molecule has 1 aromatic heterocycles. The molecule has 0 aliphatic rings. The average Bonchev–Trinajstić information content (AvgIpc) is 2.47. The predicted molar refractivity (Wildman–Crippen MR) is 80.1 cm³/mol. The molecule has 0 fully saturated rings. The minimum absolute atomic E-state index is 0.0103. The van der Waals surface area contributed by atoms with Gasteiger partial charge in [-0.05, 0) is 49.7 Å². The van der Waals surface area contributed by atoms with E-state index < -0.39 is 11.6 Å². The third kappa shape index (κ3) is 3.76. The maximum absolute atomic E-state index is 14.2. The van der Waals surface area contributed by atoms with Crippen molar-refractivity contribution in [3.63, 3.8) is 0 Å². The van der Waals surface area contributed by atoms with Crippen LogP contribution in [0, 0.1) is 11.6 Å². The van der Waals surface area contributed by atoms with Crippen molar-refractivity contribution in [3.05, 3.63) is 59.4 Å². The molecule has 1 heterocycles. The zero-order valence-electron chi connectivity index (χ0n) is 12.0. The van der Waals surface area contributed by atoms with Crippen molar-refractivity contribution in [3.8, 4) is 0 Å². The lowest BCUT2D eigenvalue weighted by Crippen LogP contribution is -2.25. The van der Waals surface area contributed by atoms with E-state index in [2.05, 4.69) is 4.98 Å². The molecule has 112 valence electrons. The number of rotatable bonds is 6. The summed E-state index contributed by atoms with van der Waals surface area (Å²) in [6, 6.07) is 8.20. The van der Waals surface area contributed by atoms with E-state index in [0.29, 0.717) is 31.6 Å². The molecule has 0 aliphatic carbocycles. The van der Waals surface area contributed by atoms with E-state index in [9.17, 15) is 8.78 Å². The van der Waals surface area contributed by atoms with Gasteiger partial charge in [-0.25, -0.2) is 8.78 Å². The Balaban J connectivity index is 2.29. The lowest BCUT2D eigenvalue weighted by molar-refractivity contribution is 0.567. The Kier molecular flexibility index (Phi) is 5.22. The number of pyridine rings is 1. The molecule has 0 bridgehead atoms. The minimum atomic E-state index is -0.559. The number of hydrogen-bond acceptors (Lipinski definition) is 3. The van der Waals surface area contributed by atoms with E-state index in [1.165, 1.54) is 12.1 Å². The first kappa shape index (κ1) is 15.4. The quantitative estimate of drug-likeness (QED) is 0.890. The summed E-state index contributed by atoms with van der Waals surface area (Å²) in [4.78, 5) is 5.83. The number of halogens is 2. The molecule has 2 N–H and O–H groups in total. The molecule has 5 heteroatoms. The van der Waals surface area contributed by atoms with Gasteiger partial charge < -0.3 is 10.6 Å². The highest BCUT2D eigenvalue weighted by Gasteiger charge is 2.17. The fourth-order valence-electron chi connectivity index (χ4n) is 2.27. The molecule has 0 saturated heterocycles. The first-order valence-corrected chi connectivity index (χ1v) is 6.98. The van der Waals surface area contributed by atoms with Crippen LogP contribution in [-0.4, -0.2) is 18.1 Å². The third-order valence-electron chi connectivity index (χ3n) is 3.29. The van der Waals surface area contributed by atoms with E-state index in [0.717, 1.165) is 5.69 Å². The van der Waals surface area contributed by atoms with Gasteiger partial charge in [-0.15, -0.1) is 0 Å². The van der Waals surface area contributed by atoms with Crippen molar-refractivity contribution in [2.45, 2.75) is 19.9 Å². The highest BCUT2D eigenvalue weighted by atomic mass is 19.1. The Labute approximate surface area is 123 Å². The molecule has 2 rings (SSSR count). The van der Waals surface area contributed by atoms with E-state index in [-0.39, 0.29) is 5.69 Å². The minimum Gasteiger partial charge on any atom is -0.361 e. The Morgan fingerprint density at radius 2 is 1.90 bits per heavy atom. The van der Waals surface area contributed by atoms with Crippen LogP contribution in [0.1, 0.15) is 18.2 Å². The lowest BCUT2D eigenvalue weighted by Gasteiger charge is -2.24. The Hall–Kier alpha value is -2.01. The van der Waals surface area contributed by atoms with Crippen LogP contribution in [0.4, 0.5) is 14.5 Å². The number of anilines is 1. The van der Waals surface area contributed by atoms with Crippen LogP contribution in [-0.2, 0) is 13.0 Å². The largest absolute Gasteiger partial charge is 0.361 e. The molecule has 1 aromatic carbocycles. The third-order valence-corrected chi connectivity index (χ3v) is 3.29. The van der Waals surface area contributed by atoms with Gasteiger partial charge in [-0.1, -0.05) is 6.07 Å². The van der Waals surface area contributed by atoms with Gasteiger partial charge in [0.25, 0.3) is 0 Å². The van der Waals surface area contributed by atoms with Crippen molar-refractivity contribution >= 4 is 5.69 Å². The smallest absolute Gasteiger partial charge is 0.149 e. The molecule has 0 aliphatic heterocycles. The summed E-state index contributed by atoms with van der Waals surface area (Å²) in [6.45, 7) is 3.07. The van der Waals surface area contributed by atoms with Crippen LogP contribution >= 0.6 is 0 Å². The van der Waals surface area contributed by atoms with Crippen molar-refractivity contribution in [1.29, 1.82) is 0 Å². The fraction of sp³-hybridized carbons (Fsp3) is 0.312. The molecule has 0 spiro atoms. The summed E-state index contributed by atoms with van der Waals surface area (Å²) in [5.74, 6) is -1.12. The Bertz CT molecular complexity index is 564. The van der Waals surface area contributed by atoms with Crippen LogP contribution < -0.4 is 10.6 Å². The number of aromatic nitrogens is 1. The van der Waals surface area contributed by atoms with Crippen LogP contribution in [0.25, 0.3) is 0 Å². The number of hydrogen-bond donors (Lipinski definition) is 1. The van der Waals surface area contributed by atoms with Gasteiger partial charge >= 0.3 is 0 Å². The molecule has 0 atom stereocenters. The van der Waals surface area contributed by atoms with Crippen molar-refractivity contribution < 1.29 is 8.78 Å². The SMILES string of the molecule is CCN(Cc1ccccn1)c1c(F)cc(CCN)cc1F. The highest BCUT2D eigenvalue weighted by molar-refractivity contribution is 5.51. The van der Waals surface area contributed by atoms with Gasteiger partial charge in [0.15, 0.2) is 0 Å². The molecule has 3 nitrogen and oxygen atoms in total. The summed E-state index contributed by atoms with van der Waals surface area (Å²) in [5.41, 5.74) is 6.76. The molecule has 21 heavy (non-hydrogen) atoms. The number of benzene rings is 1. The monoisotopic (exact) mass is 291 g/mol. The van der Waals surface area contributed by atoms with Gasteiger partial charge in [-0.3, -0.25) is 4.98 Å². The number of nitrogens with two attached hydrogens (primary N) is 1. The molecule has 0 unspecified atom stereocenters. The van der Waals surface area contributed by atoms with E-state index in [1.54, 1.807) is 11.1 Å². The lowest BCUT2D eigenvalue weighted by atomic mass is 10.1. The predicted octanol–water partition coefficient (Wildman–Crippen LogP) is 2.89. The Morgan fingerprint density at radius 1 is 1.19 bits per heavy atom. The topological polar surface area (TPSA) is 42.2 Å². The van der Waals surface area contributed by atoms with Crippen LogP contribution in [0.15, 0.2) is 36.5 Å². The standard InChI is InChI=1S/C16H19F2N3/c1-2-21(11-13-5-3-4-8-20-13)16-14(17)9-12(6-7-19)10-15(16)18/h3-5,8-10H,2,6-7,11,19H2,1H3. The normalized spacial score (nSPS) is 10.7. The van der Waals surface area contributed by atoms with Crippen molar-refractivity contribution in [1.82, 2.24) is 4.98 Å². The van der Waals surface area contributed by atoms with Gasteiger partial charge in [0.05, 0.1) is 12.2 Å². The highest BCUT2D eigenvalue weighted by Crippen LogP contribution is 2.26. The summed E-state index contributed by atoms with van der Waals surface area (Å²) >= 11 is 0. The zero-order chi connectivity index (χ0) is 15.2. The molecule has 2 aromatic rings. The second-order valence-corrected chi connectivity index (χ2v) is 4.78. The van der Waals surface area contributed by atoms with Gasteiger partial charge in [-0.2, -0.15) is 0 Å². The summed E-state index contributed by atoms with van der Waals surface area (Å²) in [6.07, 6.45) is 2.13. The fourth-order valence-corrected chi connectivity index (χ4v) is 2.27. The van der Waals surface area contributed by atoms with Crippen molar-refractivity contribution in [2.24, 2.45) is 5.73 Å². The molecular formula is C16H19F2N3. The second kappa shape index (κ2) is 7.13. The van der Waals surface area contributed by atoms with Gasteiger partial charge in [0, 0.05) is 12.7 Å². The molecule has 0 amide bonds. The van der Waals surface area contributed by atoms with Crippen LogP contribution in [0.5, 0.6) is 0 Å². The summed E-state index contributed by atoms with van der Waals surface area (Å²) in [5, 5.41) is 0. The molecule has 0 saturated carbocycles. The summed E-state index contributed by atoms with van der Waals surface area (Å²) < 4.78 is 28.5. The maximum Gasteiger partial charge on any atom is 0.149 e. The Morgan fingerprint density at radius 3 is 2.43 bits per heavy atom. The number of nitrogens with zero attached hydrogens (tertiary/aromatic N) is 2. The maximum atomic E-state index is 14.2. The van der Waals surface area contributed by atoms with Crippen LogP contribution in [0.3, 0.4) is 0 Å². The van der Waals surface area contributed by atoms with Crippen molar-refractivity contribution in [2.75, 3.05) is 18.0 Å². The molecular weight excluding hydrogens is 272 g/mol. The zero-order valence-corrected chi connectivity index (χ0v) is 12.0. The first-order valence-electron chi connectivity index (χ1n) is 6.98. The summed E-state index contributed by atoms with van der Waals surface area (Å²) in [7, 11) is 0. The van der Waals surface area contributed by atoms with E-state index in [4.69, 9.17) is 5.73 Å². The van der Waals surface area contributed by atoms with Gasteiger partial charge in [0.2, 0.25) is 0 Å². The first-order chi connectivity index (χ1) is 10.2. The van der Waals surface area contributed by atoms with Gasteiger partial charge in [0.1, 0.15) is 17.3 Å². The average molecular weight is 291 g/mol.